The fourth-order valence-electron chi connectivity index (χ4n) is 1.11. The lowest BCUT2D eigenvalue weighted by Crippen LogP contribution is -2.31. The minimum Gasteiger partial charge on any atom is -0.451 e. The molecule has 0 atom stereocenters. The number of carbonyl (C=O) groups is 1. The number of rotatable bonds is 6. The van der Waals surface area contributed by atoms with E-state index in [2.05, 4.69) is 10.3 Å². The van der Waals surface area contributed by atoms with Gasteiger partial charge in [0.2, 0.25) is 5.91 Å². The molecular formula is C10H17N3O2. The summed E-state index contributed by atoms with van der Waals surface area (Å²) in [7, 11) is 3.95. The van der Waals surface area contributed by atoms with Crippen molar-refractivity contribution in [3.8, 4) is 0 Å². The summed E-state index contributed by atoms with van der Waals surface area (Å²) in [6.07, 6.45) is 4.02. The molecule has 0 spiro atoms. The maximum Gasteiger partial charge on any atom is 0.220 e. The van der Waals surface area contributed by atoms with Crippen LogP contribution in [0.25, 0.3) is 0 Å². The molecule has 0 radical (unpaired) electrons. The molecule has 1 rings (SSSR count). The maximum atomic E-state index is 11.3. The fourth-order valence-corrected chi connectivity index (χ4v) is 1.11. The maximum absolute atomic E-state index is 11.3. The molecule has 0 bridgehead atoms. The van der Waals surface area contributed by atoms with Crippen LogP contribution in [0.4, 0.5) is 0 Å². The predicted molar refractivity (Wildman–Crippen MR) is 56.4 cm³/mol. The van der Waals surface area contributed by atoms with Gasteiger partial charge >= 0.3 is 0 Å². The Morgan fingerprint density at radius 2 is 2.40 bits per heavy atom. The quantitative estimate of drug-likeness (QED) is 0.734. The van der Waals surface area contributed by atoms with Gasteiger partial charge in [-0.25, -0.2) is 4.98 Å². The number of hydrogen-bond donors (Lipinski definition) is 1. The second-order valence-corrected chi connectivity index (χ2v) is 3.63. The summed E-state index contributed by atoms with van der Waals surface area (Å²) in [4.78, 5) is 17.3. The fraction of sp³-hybridized carbons (Fsp3) is 0.600. The van der Waals surface area contributed by atoms with E-state index in [-0.39, 0.29) is 5.91 Å². The molecule has 0 saturated carbocycles. The van der Waals surface area contributed by atoms with Crippen LogP contribution in [-0.2, 0) is 11.2 Å². The summed E-state index contributed by atoms with van der Waals surface area (Å²) >= 11 is 0. The van der Waals surface area contributed by atoms with Crippen molar-refractivity contribution in [1.82, 2.24) is 15.2 Å². The summed E-state index contributed by atoms with van der Waals surface area (Å²) in [5, 5.41) is 2.84. The van der Waals surface area contributed by atoms with Crippen LogP contribution in [0.3, 0.4) is 0 Å². The first-order chi connectivity index (χ1) is 7.18. The van der Waals surface area contributed by atoms with Gasteiger partial charge in [0.25, 0.3) is 0 Å². The van der Waals surface area contributed by atoms with E-state index >= 15 is 0 Å². The molecular weight excluding hydrogens is 194 g/mol. The second kappa shape index (κ2) is 6.19. The molecule has 84 valence electrons. The highest BCUT2D eigenvalue weighted by atomic mass is 16.3. The average Bonchev–Trinajstić information content (AvgIpc) is 2.66. The Kier molecular flexibility index (Phi) is 4.83. The van der Waals surface area contributed by atoms with E-state index < -0.39 is 0 Å². The van der Waals surface area contributed by atoms with Gasteiger partial charge in [-0.15, -0.1) is 0 Å². The van der Waals surface area contributed by atoms with Crippen molar-refractivity contribution in [3.05, 3.63) is 18.4 Å². The highest BCUT2D eigenvalue weighted by Gasteiger charge is 2.03. The average molecular weight is 211 g/mol. The molecule has 0 saturated heterocycles. The summed E-state index contributed by atoms with van der Waals surface area (Å²) in [6, 6.07) is 0. The zero-order chi connectivity index (χ0) is 11.1. The zero-order valence-corrected chi connectivity index (χ0v) is 9.19. The van der Waals surface area contributed by atoms with Crippen LogP contribution in [0.15, 0.2) is 17.1 Å². The Labute approximate surface area is 89.5 Å². The topological polar surface area (TPSA) is 58.4 Å². The lowest BCUT2D eigenvalue weighted by molar-refractivity contribution is -0.121. The number of oxazole rings is 1. The van der Waals surface area contributed by atoms with Crippen LogP contribution >= 0.6 is 0 Å². The van der Waals surface area contributed by atoms with Crippen molar-refractivity contribution in [2.24, 2.45) is 0 Å². The molecule has 5 heteroatoms. The summed E-state index contributed by atoms with van der Waals surface area (Å²) in [5.41, 5.74) is 0.817. The number of carbonyl (C=O) groups excluding carboxylic acids is 1. The van der Waals surface area contributed by atoms with E-state index in [1.165, 1.54) is 6.39 Å². The third-order valence-corrected chi connectivity index (χ3v) is 1.97. The Morgan fingerprint density at radius 1 is 1.60 bits per heavy atom. The van der Waals surface area contributed by atoms with Gasteiger partial charge in [-0.05, 0) is 14.1 Å². The molecule has 1 heterocycles. The number of aryl methyl sites for hydroxylation is 1. The molecule has 0 aliphatic carbocycles. The van der Waals surface area contributed by atoms with Gasteiger partial charge in [-0.3, -0.25) is 4.79 Å². The summed E-state index contributed by atoms with van der Waals surface area (Å²) < 4.78 is 4.81. The van der Waals surface area contributed by atoms with Crippen molar-refractivity contribution < 1.29 is 9.21 Å². The number of nitrogens with zero attached hydrogens (tertiary/aromatic N) is 2. The molecule has 0 fully saturated rings. The monoisotopic (exact) mass is 211 g/mol. The zero-order valence-electron chi connectivity index (χ0n) is 9.19. The van der Waals surface area contributed by atoms with Crippen molar-refractivity contribution in [2.45, 2.75) is 12.8 Å². The van der Waals surface area contributed by atoms with Gasteiger partial charge in [0.15, 0.2) is 6.39 Å². The molecule has 0 aromatic carbocycles. The smallest absolute Gasteiger partial charge is 0.220 e. The summed E-state index contributed by atoms with van der Waals surface area (Å²) in [6.45, 7) is 1.54. The van der Waals surface area contributed by atoms with Crippen molar-refractivity contribution in [3.63, 3.8) is 0 Å². The van der Waals surface area contributed by atoms with Gasteiger partial charge in [-0.2, -0.15) is 0 Å². The highest BCUT2D eigenvalue weighted by molar-refractivity contribution is 5.76. The number of nitrogens with one attached hydrogen (secondary N) is 1. The lowest BCUT2D eigenvalue weighted by Gasteiger charge is -2.09. The van der Waals surface area contributed by atoms with E-state index in [0.29, 0.717) is 19.4 Å². The molecule has 1 N–H and O–H groups in total. The van der Waals surface area contributed by atoms with Gasteiger partial charge in [0.05, 0.1) is 5.69 Å². The molecule has 0 aliphatic heterocycles. The van der Waals surface area contributed by atoms with E-state index in [0.717, 1.165) is 12.2 Å². The molecule has 5 nitrogen and oxygen atoms in total. The van der Waals surface area contributed by atoms with E-state index in [9.17, 15) is 4.79 Å². The molecule has 0 aliphatic rings. The largest absolute Gasteiger partial charge is 0.451 e. The highest BCUT2D eigenvalue weighted by Crippen LogP contribution is 1.98. The van der Waals surface area contributed by atoms with Crippen LogP contribution in [0.5, 0.6) is 0 Å². The Morgan fingerprint density at radius 3 is 3.00 bits per heavy atom. The molecule has 1 aromatic rings. The number of amides is 1. The molecule has 0 unspecified atom stereocenters. The molecule has 15 heavy (non-hydrogen) atoms. The minimum absolute atomic E-state index is 0.0554. The van der Waals surface area contributed by atoms with Crippen molar-refractivity contribution >= 4 is 5.91 Å². The van der Waals surface area contributed by atoms with Crippen LogP contribution in [0, 0.1) is 0 Å². The van der Waals surface area contributed by atoms with Crippen LogP contribution in [-0.4, -0.2) is 43.0 Å². The van der Waals surface area contributed by atoms with Gasteiger partial charge < -0.3 is 14.6 Å². The standard InChI is InChI=1S/C10H17N3O2/c1-13(2)6-5-11-10(14)4-3-9-7-15-8-12-9/h7-8H,3-6H2,1-2H3,(H,11,14). The molecule has 1 amide bonds. The minimum atomic E-state index is 0.0554. The van der Waals surface area contributed by atoms with E-state index in [4.69, 9.17) is 4.42 Å². The van der Waals surface area contributed by atoms with E-state index in [1.807, 2.05) is 19.0 Å². The van der Waals surface area contributed by atoms with Crippen LogP contribution < -0.4 is 5.32 Å². The number of aromatic nitrogens is 1. The van der Waals surface area contributed by atoms with Crippen molar-refractivity contribution in [1.29, 1.82) is 0 Å². The third kappa shape index (κ3) is 5.17. The number of likely N-dealkylation sites (N-methyl/N-ethyl adjacent to an activating group) is 1. The first-order valence-electron chi connectivity index (χ1n) is 4.97. The Balaban J connectivity index is 2.09. The summed E-state index contributed by atoms with van der Waals surface area (Å²) in [5.74, 6) is 0.0554. The van der Waals surface area contributed by atoms with Gasteiger partial charge in [-0.1, -0.05) is 0 Å². The van der Waals surface area contributed by atoms with Gasteiger partial charge in [0, 0.05) is 25.9 Å². The van der Waals surface area contributed by atoms with Gasteiger partial charge in [0.1, 0.15) is 6.26 Å². The van der Waals surface area contributed by atoms with Crippen LogP contribution in [0.2, 0.25) is 0 Å². The number of hydrogen-bond acceptors (Lipinski definition) is 4. The molecule has 1 aromatic heterocycles. The Bertz CT molecular complexity index is 283. The van der Waals surface area contributed by atoms with E-state index in [1.54, 1.807) is 6.26 Å². The normalized spacial score (nSPS) is 10.6. The SMILES string of the molecule is CN(C)CCNC(=O)CCc1cocn1. The predicted octanol–water partition coefficient (Wildman–Crippen LogP) is 0.285. The lowest BCUT2D eigenvalue weighted by atomic mass is 10.2. The first-order valence-corrected chi connectivity index (χ1v) is 4.97. The third-order valence-electron chi connectivity index (χ3n) is 1.97. The van der Waals surface area contributed by atoms with Crippen molar-refractivity contribution in [2.75, 3.05) is 27.2 Å². The Hall–Kier alpha value is -1.36. The first kappa shape index (κ1) is 11.7. The van der Waals surface area contributed by atoms with Crippen LogP contribution in [0.1, 0.15) is 12.1 Å². The second-order valence-electron chi connectivity index (χ2n) is 3.63.